The van der Waals surface area contributed by atoms with E-state index in [1.165, 1.54) is 7.05 Å². The third-order valence-corrected chi connectivity index (χ3v) is 3.28. The summed E-state index contributed by atoms with van der Waals surface area (Å²) in [6.45, 7) is 0. The Morgan fingerprint density at radius 1 is 1.64 bits per heavy atom. The average molecular weight is 241 g/mol. The van der Waals surface area contributed by atoms with Gasteiger partial charge in [0.05, 0.1) is 0 Å². The van der Waals surface area contributed by atoms with E-state index in [1.54, 1.807) is 6.26 Å². The first-order chi connectivity index (χ1) is 4.39. The maximum atomic E-state index is 10.3. The molecule has 0 aromatic carbocycles. The minimum atomic E-state index is -4.14. The molecule has 0 aromatic heterocycles. The summed E-state index contributed by atoms with van der Waals surface area (Å²) in [5.41, 5.74) is 0. The molecule has 0 aromatic rings. The third kappa shape index (κ3) is 5.94. The second-order valence-electron chi connectivity index (χ2n) is 1.42. The number of rotatable bonds is 1. The van der Waals surface area contributed by atoms with Crippen molar-refractivity contribution in [2.24, 2.45) is 0 Å². The van der Waals surface area contributed by atoms with Crippen LogP contribution in [0.25, 0.3) is 0 Å². The van der Waals surface area contributed by atoms with Crippen molar-refractivity contribution < 1.29 is 13.0 Å². The number of thioether (sulfide) groups is 1. The molecular formula is C3H8KNO3S3. The molecule has 11 heavy (non-hydrogen) atoms. The maximum absolute atomic E-state index is 10.3. The molecule has 4 nitrogen and oxygen atoms in total. The molecule has 0 amide bonds. The molecule has 0 saturated heterocycles. The monoisotopic (exact) mass is 241 g/mol. The van der Waals surface area contributed by atoms with E-state index >= 15 is 0 Å². The van der Waals surface area contributed by atoms with Crippen molar-refractivity contribution in [2.75, 3.05) is 13.3 Å². The standard InChI is InChI=1S/C3H7NO3S3.K.H/c1-4(3(8)9-2)10(5,6)7;;/h1-2H3,(H,5,6,7);;. The van der Waals surface area contributed by atoms with E-state index < -0.39 is 10.3 Å². The van der Waals surface area contributed by atoms with Crippen molar-refractivity contribution >= 4 is 90.0 Å². The topological polar surface area (TPSA) is 57.6 Å². The van der Waals surface area contributed by atoms with Gasteiger partial charge in [0.15, 0.2) is 4.32 Å². The van der Waals surface area contributed by atoms with Crippen LogP contribution in [0.2, 0.25) is 0 Å². The molecule has 0 radical (unpaired) electrons. The van der Waals surface area contributed by atoms with E-state index in [-0.39, 0.29) is 55.7 Å². The molecule has 0 fully saturated rings. The molecule has 8 heteroatoms. The Kier molecular flexibility index (Phi) is 8.71. The van der Waals surface area contributed by atoms with E-state index in [0.29, 0.717) is 4.31 Å². The number of thiocarbonyl (C=S) groups is 1. The summed E-state index contributed by atoms with van der Waals surface area (Å²) in [5.74, 6) is 0. The zero-order chi connectivity index (χ0) is 8.36. The number of hydrogen-bond donors (Lipinski definition) is 1. The first kappa shape index (κ1) is 15.3. The molecular weight excluding hydrogens is 233 g/mol. The fourth-order valence-electron chi connectivity index (χ4n) is 0.223. The van der Waals surface area contributed by atoms with Gasteiger partial charge in [0.25, 0.3) is 0 Å². The first-order valence-corrected chi connectivity index (χ1v) is 5.22. The van der Waals surface area contributed by atoms with Crippen LogP contribution in [0.1, 0.15) is 0 Å². The molecule has 0 atom stereocenters. The zero-order valence-corrected chi connectivity index (χ0v) is 7.89. The zero-order valence-electron chi connectivity index (χ0n) is 5.44. The predicted molar refractivity (Wildman–Crippen MR) is 52.6 cm³/mol. The van der Waals surface area contributed by atoms with Crippen molar-refractivity contribution in [1.82, 2.24) is 4.31 Å². The third-order valence-electron chi connectivity index (χ3n) is 0.778. The van der Waals surface area contributed by atoms with E-state index in [9.17, 15) is 8.42 Å². The molecule has 0 saturated carbocycles. The van der Waals surface area contributed by atoms with Gasteiger partial charge < -0.3 is 0 Å². The van der Waals surface area contributed by atoms with Crippen LogP contribution < -0.4 is 0 Å². The van der Waals surface area contributed by atoms with Gasteiger partial charge in [-0.1, -0.05) is 24.0 Å². The molecule has 0 unspecified atom stereocenters. The Morgan fingerprint density at radius 3 is 2.09 bits per heavy atom. The normalized spacial score (nSPS) is 10.1. The van der Waals surface area contributed by atoms with Gasteiger partial charge in [-0.2, -0.15) is 8.42 Å². The van der Waals surface area contributed by atoms with Crippen LogP contribution in [0, 0.1) is 0 Å². The molecule has 1 N–H and O–H groups in total. The van der Waals surface area contributed by atoms with Crippen LogP contribution in [0.3, 0.4) is 0 Å². The second-order valence-corrected chi connectivity index (χ2v) is 4.30. The van der Waals surface area contributed by atoms with Crippen molar-refractivity contribution in [2.45, 2.75) is 0 Å². The first-order valence-electron chi connectivity index (χ1n) is 2.19. The SMILES string of the molecule is CSC(=S)N(C)S(=O)(=O)O.[KH]. The van der Waals surface area contributed by atoms with E-state index in [1.807, 2.05) is 0 Å². The molecule has 0 aliphatic heterocycles. The summed E-state index contributed by atoms with van der Waals surface area (Å²) < 4.78 is 29.8. The summed E-state index contributed by atoms with van der Waals surface area (Å²) >= 11 is 5.65. The van der Waals surface area contributed by atoms with Gasteiger partial charge in [-0.05, 0) is 6.26 Å². The van der Waals surface area contributed by atoms with E-state index in [0.717, 1.165) is 11.8 Å². The fraction of sp³-hybridized carbons (Fsp3) is 0.667. The molecule has 0 spiro atoms. The van der Waals surface area contributed by atoms with Gasteiger partial charge in [0.2, 0.25) is 0 Å². The molecule has 0 rings (SSSR count). The van der Waals surface area contributed by atoms with Crippen LogP contribution in [0.4, 0.5) is 0 Å². The number of hydrogen-bond acceptors (Lipinski definition) is 4. The molecule has 0 heterocycles. The molecule has 0 aliphatic rings. The van der Waals surface area contributed by atoms with Crippen molar-refractivity contribution in [3.8, 4) is 0 Å². The summed E-state index contributed by atoms with van der Waals surface area (Å²) in [7, 11) is -2.95. The summed E-state index contributed by atoms with van der Waals surface area (Å²) in [4.78, 5) is 0. The quantitative estimate of drug-likeness (QED) is 0.389. The van der Waals surface area contributed by atoms with E-state index in [2.05, 4.69) is 12.2 Å². The second kappa shape index (κ2) is 6.27. The van der Waals surface area contributed by atoms with Crippen LogP contribution in [-0.4, -0.2) is 86.3 Å². The summed E-state index contributed by atoms with van der Waals surface area (Å²) in [6.07, 6.45) is 1.63. The summed E-state index contributed by atoms with van der Waals surface area (Å²) in [5, 5.41) is 0. The summed E-state index contributed by atoms with van der Waals surface area (Å²) in [6, 6.07) is 0. The molecule has 0 aliphatic carbocycles. The van der Waals surface area contributed by atoms with Crippen molar-refractivity contribution in [3.63, 3.8) is 0 Å². The van der Waals surface area contributed by atoms with Gasteiger partial charge >= 0.3 is 61.7 Å². The van der Waals surface area contributed by atoms with E-state index in [4.69, 9.17) is 4.55 Å². The Morgan fingerprint density at radius 2 is 2.00 bits per heavy atom. The van der Waals surface area contributed by atoms with Crippen molar-refractivity contribution in [3.05, 3.63) is 0 Å². The van der Waals surface area contributed by atoms with Gasteiger partial charge in [-0.25, -0.2) is 4.31 Å². The van der Waals surface area contributed by atoms with Gasteiger partial charge in [0.1, 0.15) is 0 Å². The molecule has 62 valence electrons. The van der Waals surface area contributed by atoms with Crippen LogP contribution in [0.15, 0.2) is 0 Å². The van der Waals surface area contributed by atoms with Crippen LogP contribution in [0.5, 0.6) is 0 Å². The Labute approximate surface area is 118 Å². The Hall–Kier alpha value is 1.79. The Bertz CT molecular complexity index is 226. The van der Waals surface area contributed by atoms with Crippen molar-refractivity contribution in [1.29, 1.82) is 0 Å². The predicted octanol–water partition coefficient (Wildman–Crippen LogP) is -0.280. The molecule has 0 bridgehead atoms. The van der Waals surface area contributed by atoms with Crippen LogP contribution >= 0.6 is 24.0 Å². The fourth-order valence-corrected chi connectivity index (χ4v) is 1.46. The number of nitrogens with zero attached hydrogens (tertiary/aromatic N) is 1. The van der Waals surface area contributed by atoms with Gasteiger partial charge in [0, 0.05) is 7.05 Å². The Balaban J connectivity index is 0. The average Bonchev–Trinajstić information content (AvgIpc) is 1.83. The van der Waals surface area contributed by atoms with Crippen LogP contribution in [-0.2, 0) is 10.3 Å². The minimum absolute atomic E-state index is 0. The van der Waals surface area contributed by atoms with Gasteiger partial charge in [-0.3, -0.25) is 4.55 Å². The van der Waals surface area contributed by atoms with Gasteiger partial charge in [-0.15, -0.1) is 0 Å².